The van der Waals surface area contributed by atoms with Gasteiger partial charge in [-0.25, -0.2) is 0 Å². The third kappa shape index (κ3) is 2.99. The fraction of sp³-hybridized carbons (Fsp3) is 0.571. The van der Waals surface area contributed by atoms with Gasteiger partial charge in [0, 0.05) is 12.5 Å². The first-order valence-electron chi connectivity index (χ1n) is 6.29. The summed E-state index contributed by atoms with van der Waals surface area (Å²) in [5.41, 5.74) is 6.96. The topological polar surface area (TPSA) is 44.5 Å². The molecule has 1 heterocycles. The number of rotatable bonds is 4. The molecule has 0 aromatic heterocycles. The highest BCUT2D eigenvalue weighted by molar-refractivity contribution is 5.29. The van der Waals surface area contributed by atoms with E-state index in [2.05, 4.69) is 12.1 Å². The summed E-state index contributed by atoms with van der Waals surface area (Å²) in [4.78, 5) is 0. The van der Waals surface area contributed by atoms with Crippen LogP contribution in [0.3, 0.4) is 0 Å². The van der Waals surface area contributed by atoms with Crippen molar-refractivity contribution in [1.29, 1.82) is 0 Å². The van der Waals surface area contributed by atoms with Crippen molar-refractivity contribution >= 4 is 0 Å². The van der Waals surface area contributed by atoms with Gasteiger partial charge in [0.2, 0.25) is 0 Å². The van der Waals surface area contributed by atoms with Crippen molar-refractivity contribution in [3.63, 3.8) is 0 Å². The smallest absolute Gasteiger partial charge is 0.119 e. The summed E-state index contributed by atoms with van der Waals surface area (Å²) in [5.74, 6) is 1.36. The monoisotopic (exact) mass is 235 g/mol. The highest BCUT2D eigenvalue weighted by atomic mass is 16.5. The summed E-state index contributed by atoms with van der Waals surface area (Å²) in [6.45, 7) is 5.56. The second-order valence-electron chi connectivity index (χ2n) is 4.81. The average molecular weight is 235 g/mol. The van der Waals surface area contributed by atoms with Gasteiger partial charge in [0.1, 0.15) is 5.75 Å². The Morgan fingerprint density at radius 2 is 2.06 bits per heavy atom. The van der Waals surface area contributed by atoms with E-state index in [9.17, 15) is 0 Å². The van der Waals surface area contributed by atoms with Crippen LogP contribution >= 0.6 is 0 Å². The minimum Gasteiger partial charge on any atom is -0.491 e. The maximum atomic E-state index is 5.75. The standard InChI is InChI=1S/C14H21NO2/c1-10(2)17-13-5-3-11(4-6-13)14-12(9-15)7-8-16-14/h3-6,10,12,14H,7-9,15H2,1-2H3. The molecule has 0 spiro atoms. The van der Waals surface area contributed by atoms with Gasteiger partial charge in [-0.2, -0.15) is 0 Å². The molecule has 2 N–H and O–H groups in total. The lowest BCUT2D eigenvalue weighted by atomic mass is 9.95. The fourth-order valence-electron chi connectivity index (χ4n) is 2.25. The van der Waals surface area contributed by atoms with E-state index >= 15 is 0 Å². The van der Waals surface area contributed by atoms with Gasteiger partial charge in [-0.15, -0.1) is 0 Å². The van der Waals surface area contributed by atoms with Gasteiger partial charge in [-0.05, 0) is 44.5 Å². The van der Waals surface area contributed by atoms with Crippen molar-refractivity contribution < 1.29 is 9.47 Å². The molecule has 0 amide bonds. The van der Waals surface area contributed by atoms with Gasteiger partial charge in [-0.1, -0.05) is 12.1 Å². The highest BCUT2D eigenvalue weighted by Crippen LogP contribution is 2.34. The van der Waals surface area contributed by atoms with E-state index in [1.807, 2.05) is 26.0 Å². The molecule has 0 bridgehead atoms. The van der Waals surface area contributed by atoms with Crippen LogP contribution in [0.25, 0.3) is 0 Å². The molecule has 1 aliphatic heterocycles. The molecule has 1 aromatic carbocycles. The summed E-state index contributed by atoms with van der Waals surface area (Å²) in [6.07, 6.45) is 1.43. The van der Waals surface area contributed by atoms with Crippen molar-refractivity contribution in [2.24, 2.45) is 11.7 Å². The highest BCUT2D eigenvalue weighted by Gasteiger charge is 2.28. The summed E-state index contributed by atoms with van der Waals surface area (Å²) in [6, 6.07) is 8.17. The number of hydrogen-bond donors (Lipinski definition) is 1. The Balaban J connectivity index is 2.07. The maximum Gasteiger partial charge on any atom is 0.119 e. The van der Waals surface area contributed by atoms with Gasteiger partial charge < -0.3 is 15.2 Å². The molecule has 2 rings (SSSR count). The number of ether oxygens (including phenoxy) is 2. The van der Waals surface area contributed by atoms with Gasteiger partial charge >= 0.3 is 0 Å². The SMILES string of the molecule is CC(C)Oc1ccc(C2OCCC2CN)cc1. The summed E-state index contributed by atoms with van der Waals surface area (Å²) in [7, 11) is 0. The normalized spacial score (nSPS) is 24.2. The van der Waals surface area contributed by atoms with Crippen molar-refractivity contribution in [2.45, 2.75) is 32.5 Å². The van der Waals surface area contributed by atoms with E-state index in [1.54, 1.807) is 0 Å². The van der Waals surface area contributed by atoms with Crippen LogP contribution in [0.15, 0.2) is 24.3 Å². The minimum atomic E-state index is 0.160. The quantitative estimate of drug-likeness (QED) is 0.872. The Labute approximate surface area is 103 Å². The Morgan fingerprint density at radius 1 is 1.35 bits per heavy atom. The first kappa shape index (κ1) is 12.4. The van der Waals surface area contributed by atoms with Crippen LogP contribution in [0, 0.1) is 5.92 Å². The third-order valence-corrected chi connectivity index (χ3v) is 3.10. The van der Waals surface area contributed by atoms with Crippen molar-refractivity contribution in [1.82, 2.24) is 0 Å². The summed E-state index contributed by atoms with van der Waals surface area (Å²) in [5, 5.41) is 0. The number of nitrogens with two attached hydrogens (primary N) is 1. The predicted octanol–water partition coefficient (Wildman–Crippen LogP) is 2.51. The lowest BCUT2D eigenvalue weighted by Crippen LogP contribution is -2.17. The molecular weight excluding hydrogens is 214 g/mol. The molecule has 3 nitrogen and oxygen atoms in total. The minimum absolute atomic E-state index is 0.160. The van der Waals surface area contributed by atoms with Gasteiger partial charge in [0.05, 0.1) is 12.2 Å². The second kappa shape index (κ2) is 5.52. The van der Waals surface area contributed by atoms with Crippen LogP contribution in [0.4, 0.5) is 0 Å². The van der Waals surface area contributed by atoms with Crippen molar-refractivity contribution in [3.05, 3.63) is 29.8 Å². The number of benzene rings is 1. The Morgan fingerprint density at radius 3 is 2.65 bits per heavy atom. The fourth-order valence-corrected chi connectivity index (χ4v) is 2.25. The molecule has 1 fully saturated rings. The Hall–Kier alpha value is -1.06. The van der Waals surface area contributed by atoms with E-state index in [0.29, 0.717) is 12.5 Å². The first-order chi connectivity index (χ1) is 8.20. The van der Waals surface area contributed by atoms with Crippen LogP contribution in [-0.4, -0.2) is 19.3 Å². The van der Waals surface area contributed by atoms with Gasteiger partial charge in [0.25, 0.3) is 0 Å². The van der Waals surface area contributed by atoms with Crippen molar-refractivity contribution in [2.75, 3.05) is 13.2 Å². The molecule has 0 aliphatic carbocycles. The average Bonchev–Trinajstić information content (AvgIpc) is 2.77. The zero-order chi connectivity index (χ0) is 12.3. The predicted molar refractivity (Wildman–Crippen MR) is 68.1 cm³/mol. The molecule has 17 heavy (non-hydrogen) atoms. The molecule has 2 unspecified atom stereocenters. The molecule has 2 atom stereocenters. The molecule has 0 radical (unpaired) electrons. The zero-order valence-corrected chi connectivity index (χ0v) is 10.6. The Bertz CT molecular complexity index is 348. The lowest BCUT2D eigenvalue weighted by Gasteiger charge is -2.18. The number of hydrogen-bond acceptors (Lipinski definition) is 3. The molecular formula is C14H21NO2. The van der Waals surface area contributed by atoms with Crippen molar-refractivity contribution in [3.8, 4) is 5.75 Å². The summed E-state index contributed by atoms with van der Waals surface area (Å²) < 4.78 is 11.4. The van der Waals surface area contributed by atoms with Gasteiger partial charge in [0.15, 0.2) is 0 Å². The van der Waals surface area contributed by atoms with Crippen LogP contribution in [-0.2, 0) is 4.74 Å². The van der Waals surface area contributed by atoms with Crippen LogP contribution in [0.2, 0.25) is 0 Å². The van der Waals surface area contributed by atoms with Crippen LogP contribution < -0.4 is 10.5 Å². The first-order valence-corrected chi connectivity index (χ1v) is 6.29. The van der Waals surface area contributed by atoms with E-state index in [4.69, 9.17) is 15.2 Å². The Kier molecular flexibility index (Phi) is 4.02. The molecule has 1 aromatic rings. The largest absolute Gasteiger partial charge is 0.491 e. The van der Waals surface area contributed by atoms with E-state index < -0.39 is 0 Å². The second-order valence-corrected chi connectivity index (χ2v) is 4.81. The van der Waals surface area contributed by atoms with Crippen LogP contribution in [0.5, 0.6) is 5.75 Å². The van der Waals surface area contributed by atoms with E-state index in [-0.39, 0.29) is 12.2 Å². The molecule has 1 saturated heterocycles. The maximum absolute atomic E-state index is 5.75. The van der Waals surface area contributed by atoms with E-state index in [1.165, 1.54) is 5.56 Å². The molecule has 94 valence electrons. The summed E-state index contributed by atoms with van der Waals surface area (Å²) >= 11 is 0. The molecule has 1 aliphatic rings. The van der Waals surface area contributed by atoms with Crippen LogP contribution in [0.1, 0.15) is 31.9 Å². The lowest BCUT2D eigenvalue weighted by molar-refractivity contribution is 0.0924. The third-order valence-electron chi connectivity index (χ3n) is 3.10. The van der Waals surface area contributed by atoms with Gasteiger partial charge in [-0.3, -0.25) is 0 Å². The molecule has 3 heteroatoms. The molecule has 0 saturated carbocycles. The zero-order valence-electron chi connectivity index (χ0n) is 10.6. The van der Waals surface area contributed by atoms with E-state index in [0.717, 1.165) is 18.8 Å².